The standard InChI is InChI=1S/C21H22N2O3/c1-12-6-7-23-10-18(22-20(23)8-12)21(25)26-11-19(24)17-9-13(2)14(3)15(4)16(17)5/h6-10H,11H2,1-5H3. The van der Waals surface area contributed by atoms with Crippen LogP contribution in [0.4, 0.5) is 0 Å². The van der Waals surface area contributed by atoms with Crippen LogP contribution in [0.25, 0.3) is 5.65 Å². The molecule has 0 amide bonds. The minimum atomic E-state index is -0.599. The Hall–Kier alpha value is -2.95. The zero-order chi connectivity index (χ0) is 19.0. The molecule has 0 aliphatic heterocycles. The third-order valence-electron chi connectivity index (χ3n) is 4.94. The number of aromatic nitrogens is 2. The van der Waals surface area contributed by atoms with E-state index in [1.54, 1.807) is 10.6 Å². The van der Waals surface area contributed by atoms with Gasteiger partial charge in [-0.05, 0) is 80.6 Å². The molecule has 134 valence electrons. The van der Waals surface area contributed by atoms with Crippen LogP contribution in [-0.2, 0) is 4.74 Å². The highest BCUT2D eigenvalue weighted by Gasteiger charge is 2.18. The Balaban J connectivity index is 1.75. The second kappa shape index (κ2) is 6.75. The molecule has 0 bridgehead atoms. The first-order chi connectivity index (χ1) is 12.3. The van der Waals surface area contributed by atoms with E-state index in [1.165, 1.54) is 5.56 Å². The van der Waals surface area contributed by atoms with Gasteiger partial charge >= 0.3 is 5.97 Å². The van der Waals surface area contributed by atoms with Crippen molar-refractivity contribution in [3.8, 4) is 0 Å². The molecule has 26 heavy (non-hydrogen) atoms. The van der Waals surface area contributed by atoms with Gasteiger partial charge in [-0.3, -0.25) is 4.79 Å². The molecule has 5 nitrogen and oxygen atoms in total. The van der Waals surface area contributed by atoms with Gasteiger partial charge < -0.3 is 9.14 Å². The van der Waals surface area contributed by atoms with Crippen LogP contribution >= 0.6 is 0 Å². The normalized spacial score (nSPS) is 11.0. The summed E-state index contributed by atoms with van der Waals surface area (Å²) in [6.07, 6.45) is 3.44. The largest absolute Gasteiger partial charge is 0.453 e. The number of rotatable bonds is 4. The third-order valence-corrected chi connectivity index (χ3v) is 4.94. The molecule has 0 unspecified atom stereocenters. The summed E-state index contributed by atoms with van der Waals surface area (Å²) in [6, 6.07) is 5.67. The molecule has 3 rings (SSSR count). The summed E-state index contributed by atoms with van der Waals surface area (Å²) in [5, 5.41) is 0. The molecule has 0 aliphatic carbocycles. The molecule has 1 aromatic carbocycles. The van der Waals surface area contributed by atoms with Crippen LogP contribution in [0, 0.1) is 34.6 Å². The number of hydrogen-bond acceptors (Lipinski definition) is 4. The zero-order valence-corrected chi connectivity index (χ0v) is 15.7. The van der Waals surface area contributed by atoms with E-state index in [4.69, 9.17) is 4.74 Å². The molecule has 0 N–H and O–H groups in total. The SMILES string of the molecule is Cc1ccn2cc(C(=O)OCC(=O)c3cc(C)c(C)c(C)c3C)nc2c1. The van der Waals surface area contributed by atoms with Gasteiger partial charge in [0, 0.05) is 18.0 Å². The average molecular weight is 350 g/mol. The van der Waals surface area contributed by atoms with E-state index in [0.717, 1.165) is 22.3 Å². The highest BCUT2D eigenvalue weighted by Crippen LogP contribution is 2.21. The molecule has 0 saturated carbocycles. The number of carbonyl (C=O) groups excluding carboxylic acids is 2. The summed E-state index contributed by atoms with van der Waals surface area (Å²) < 4.78 is 6.96. The fourth-order valence-electron chi connectivity index (χ4n) is 2.97. The van der Waals surface area contributed by atoms with Gasteiger partial charge in [0.05, 0.1) is 0 Å². The highest BCUT2D eigenvalue weighted by atomic mass is 16.5. The fourth-order valence-corrected chi connectivity index (χ4v) is 2.97. The van der Waals surface area contributed by atoms with E-state index < -0.39 is 5.97 Å². The van der Waals surface area contributed by atoms with E-state index >= 15 is 0 Å². The van der Waals surface area contributed by atoms with Gasteiger partial charge in [0.15, 0.2) is 12.3 Å². The van der Waals surface area contributed by atoms with Gasteiger partial charge in [0.25, 0.3) is 0 Å². The van der Waals surface area contributed by atoms with Crippen LogP contribution in [-0.4, -0.2) is 27.7 Å². The Kier molecular flexibility index (Phi) is 4.64. The molecule has 2 heterocycles. The van der Waals surface area contributed by atoms with Crippen molar-refractivity contribution in [2.75, 3.05) is 6.61 Å². The monoisotopic (exact) mass is 350 g/mol. The summed E-state index contributed by atoms with van der Waals surface area (Å²) in [4.78, 5) is 29.0. The number of benzene rings is 1. The van der Waals surface area contributed by atoms with Crippen LogP contribution < -0.4 is 0 Å². The van der Waals surface area contributed by atoms with E-state index in [9.17, 15) is 9.59 Å². The quantitative estimate of drug-likeness (QED) is 0.529. The molecule has 5 heteroatoms. The molecular formula is C21H22N2O3. The van der Waals surface area contributed by atoms with Crippen LogP contribution in [0.15, 0.2) is 30.6 Å². The number of nitrogens with zero attached hydrogens (tertiary/aromatic N) is 2. The van der Waals surface area contributed by atoms with Gasteiger partial charge in [-0.15, -0.1) is 0 Å². The van der Waals surface area contributed by atoms with Crippen molar-refractivity contribution in [1.29, 1.82) is 0 Å². The predicted molar refractivity (Wildman–Crippen MR) is 99.9 cm³/mol. The Bertz CT molecular complexity index is 1030. The number of hydrogen-bond donors (Lipinski definition) is 0. The van der Waals surface area contributed by atoms with E-state index in [2.05, 4.69) is 4.98 Å². The molecule has 0 fully saturated rings. The molecule has 0 atom stereocenters. The van der Waals surface area contributed by atoms with Gasteiger partial charge in [-0.2, -0.15) is 0 Å². The van der Waals surface area contributed by atoms with E-state index in [0.29, 0.717) is 11.2 Å². The summed E-state index contributed by atoms with van der Waals surface area (Å²) in [7, 11) is 0. The smallest absolute Gasteiger partial charge is 0.359 e. The van der Waals surface area contributed by atoms with E-state index in [-0.39, 0.29) is 18.1 Å². The predicted octanol–water partition coefficient (Wildman–Crippen LogP) is 3.92. The maximum atomic E-state index is 12.5. The second-order valence-electron chi connectivity index (χ2n) is 6.71. The summed E-state index contributed by atoms with van der Waals surface area (Å²) in [6.45, 7) is 9.59. The molecule has 0 spiro atoms. The highest BCUT2D eigenvalue weighted by molar-refractivity contribution is 6.00. The van der Waals surface area contributed by atoms with Crippen molar-refractivity contribution in [2.24, 2.45) is 0 Å². The van der Waals surface area contributed by atoms with Gasteiger partial charge in [0.2, 0.25) is 5.78 Å². The lowest BCUT2D eigenvalue weighted by atomic mass is 9.93. The second-order valence-corrected chi connectivity index (χ2v) is 6.71. The van der Waals surface area contributed by atoms with Gasteiger partial charge in [-0.1, -0.05) is 0 Å². The molecular weight excluding hydrogens is 328 g/mol. The number of esters is 1. The first kappa shape index (κ1) is 17.9. The number of Topliss-reactive ketones (excluding diaryl/α,β-unsaturated/α-hetero) is 1. The van der Waals surface area contributed by atoms with Crippen LogP contribution in [0.3, 0.4) is 0 Å². The first-order valence-electron chi connectivity index (χ1n) is 8.51. The van der Waals surface area contributed by atoms with Crippen molar-refractivity contribution in [3.63, 3.8) is 0 Å². The minimum Gasteiger partial charge on any atom is -0.453 e. The van der Waals surface area contributed by atoms with Crippen LogP contribution in [0.2, 0.25) is 0 Å². The Morgan fingerprint density at radius 3 is 2.50 bits per heavy atom. The molecule has 3 aromatic rings. The molecule has 0 saturated heterocycles. The van der Waals surface area contributed by atoms with Crippen molar-refractivity contribution in [1.82, 2.24) is 9.38 Å². The lowest BCUT2D eigenvalue weighted by Gasteiger charge is -2.13. The number of ketones is 1. The summed E-state index contributed by atoms with van der Waals surface area (Å²) in [5.74, 6) is -0.806. The van der Waals surface area contributed by atoms with Gasteiger partial charge in [0.1, 0.15) is 5.65 Å². The molecule has 0 radical (unpaired) electrons. The van der Waals surface area contributed by atoms with Crippen molar-refractivity contribution >= 4 is 17.4 Å². The fraction of sp³-hybridized carbons (Fsp3) is 0.286. The average Bonchev–Trinajstić information content (AvgIpc) is 3.03. The lowest BCUT2D eigenvalue weighted by Crippen LogP contribution is -2.16. The Morgan fingerprint density at radius 1 is 1.04 bits per heavy atom. The van der Waals surface area contributed by atoms with Crippen molar-refractivity contribution < 1.29 is 14.3 Å². The number of imidazole rings is 1. The number of carbonyl (C=O) groups is 2. The van der Waals surface area contributed by atoms with Crippen LogP contribution in [0.5, 0.6) is 0 Å². The number of aryl methyl sites for hydroxylation is 2. The number of ether oxygens (including phenoxy) is 1. The Morgan fingerprint density at radius 2 is 1.77 bits per heavy atom. The van der Waals surface area contributed by atoms with Gasteiger partial charge in [-0.25, -0.2) is 9.78 Å². The zero-order valence-electron chi connectivity index (χ0n) is 15.7. The molecule has 0 aliphatic rings. The molecule has 2 aromatic heterocycles. The van der Waals surface area contributed by atoms with Crippen molar-refractivity contribution in [2.45, 2.75) is 34.6 Å². The summed E-state index contributed by atoms with van der Waals surface area (Å²) in [5.41, 5.74) is 6.77. The number of pyridine rings is 1. The maximum Gasteiger partial charge on any atom is 0.359 e. The number of fused-ring (bicyclic) bond motifs is 1. The Labute approximate surface area is 152 Å². The van der Waals surface area contributed by atoms with E-state index in [1.807, 2.05) is 59.0 Å². The summed E-state index contributed by atoms with van der Waals surface area (Å²) >= 11 is 0. The van der Waals surface area contributed by atoms with Crippen molar-refractivity contribution in [3.05, 3.63) is 69.7 Å². The van der Waals surface area contributed by atoms with Crippen LogP contribution in [0.1, 0.15) is 48.7 Å². The third kappa shape index (κ3) is 3.25. The first-order valence-corrected chi connectivity index (χ1v) is 8.51. The topological polar surface area (TPSA) is 60.7 Å². The lowest BCUT2D eigenvalue weighted by molar-refractivity contribution is 0.0469. The maximum absolute atomic E-state index is 12.5. The minimum absolute atomic E-state index is 0.191.